The summed E-state index contributed by atoms with van der Waals surface area (Å²) in [5, 5.41) is 3.23. The molecule has 2 saturated heterocycles. The van der Waals surface area contributed by atoms with Gasteiger partial charge in [0.05, 0.1) is 6.10 Å². The van der Waals surface area contributed by atoms with E-state index in [1.807, 2.05) is 11.0 Å². The summed E-state index contributed by atoms with van der Waals surface area (Å²) in [5.41, 5.74) is 1.24. The van der Waals surface area contributed by atoms with Gasteiger partial charge in [-0.1, -0.05) is 18.2 Å². The molecule has 4 rings (SSSR count). The van der Waals surface area contributed by atoms with Crippen molar-refractivity contribution < 1.29 is 9.53 Å². The second kappa shape index (κ2) is 7.65. The maximum atomic E-state index is 12.5. The summed E-state index contributed by atoms with van der Waals surface area (Å²) in [6, 6.07) is 10.8. The number of para-hydroxylation sites is 1. The van der Waals surface area contributed by atoms with E-state index in [9.17, 15) is 4.79 Å². The van der Waals surface area contributed by atoms with Gasteiger partial charge in [-0.25, -0.2) is 4.79 Å². The number of carbonyl (C=O) groups excluding carboxylic acids is 1. The largest absolute Gasteiger partial charge is 0.378 e. The highest BCUT2D eigenvalue weighted by atomic mass is 16.5. The van der Waals surface area contributed by atoms with E-state index in [2.05, 4.69) is 34.5 Å². The molecule has 2 heterocycles. The standard InChI is InChI=1S/C20H29N3O2/c24-20(22-12-9-19(10-13-22)25-15-16-6-7-16)21-17-8-11-23(14-17)18-4-2-1-3-5-18/h1-5,16-17,19H,6-15H2,(H,21,24). The molecule has 1 atom stereocenters. The molecule has 0 aromatic heterocycles. The summed E-state index contributed by atoms with van der Waals surface area (Å²) >= 11 is 0. The van der Waals surface area contributed by atoms with Crippen LogP contribution >= 0.6 is 0 Å². The minimum atomic E-state index is 0.0977. The fraction of sp³-hybridized carbons (Fsp3) is 0.650. The number of nitrogens with one attached hydrogen (secondary N) is 1. The van der Waals surface area contributed by atoms with Crippen LogP contribution in [0, 0.1) is 5.92 Å². The lowest BCUT2D eigenvalue weighted by Gasteiger charge is -2.32. The third-order valence-electron chi connectivity index (χ3n) is 5.63. The van der Waals surface area contributed by atoms with Crippen molar-refractivity contribution in [1.29, 1.82) is 0 Å². The second-order valence-corrected chi connectivity index (χ2v) is 7.68. The molecule has 5 heteroatoms. The summed E-state index contributed by atoms with van der Waals surface area (Å²) in [6.45, 7) is 4.46. The number of nitrogens with zero attached hydrogens (tertiary/aromatic N) is 2. The van der Waals surface area contributed by atoms with Crippen LogP contribution in [0.15, 0.2) is 30.3 Å². The molecule has 1 aromatic rings. The van der Waals surface area contributed by atoms with Gasteiger partial charge in [-0.15, -0.1) is 0 Å². The van der Waals surface area contributed by atoms with Crippen LogP contribution < -0.4 is 10.2 Å². The maximum absolute atomic E-state index is 12.5. The first kappa shape index (κ1) is 16.7. The molecule has 2 amide bonds. The van der Waals surface area contributed by atoms with Crippen LogP contribution in [0.25, 0.3) is 0 Å². The monoisotopic (exact) mass is 343 g/mol. The van der Waals surface area contributed by atoms with Crippen molar-refractivity contribution >= 4 is 11.7 Å². The predicted octanol–water partition coefficient (Wildman–Crippen LogP) is 2.87. The number of rotatable bonds is 5. The smallest absolute Gasteiger partial charge is 0.317 e. The fourth-order valence-electron chi connectivity index (χ4n) is 3.80. The molecule has 0 radical (unpaired) electrons. The Morgan fingerprint density at radius 3 is 2.52 bits per heavy atom. The number of hydrogen-bond acceptors (Lipinski definition) is 3. The summed E-state index contributed by atoms with van der Waals surface area (Å²) < 4.78 is 5.97. The number of likely N-dealkylation sites (tertiary alicyclic amines) is 1. The number of hydrogen-bond donors (Lipinski definition) is 1. The highest BCUT2D eigenvalue weighted by Crippen LogP contribution is 2.30. The predicted molar refractivity (Wildman–Crippen MR) is 98.9 cm³/mol. The van der Waals surface area contributed by atoms with Crippen molar-refractivity contribution in [1.82, 2.24) is 10.2 Å². The Morgan fingerprint density at radius 2 is 1.80 bits per heavy atom. The first-order valence-electron chi connectivity index (χ1n) is 9.75. The van der Waals surface area contributed by atoms with E-state index in [-0.39, 0.29) is 12.1 Å². The Labute approximate surface area is 150 Å². The van der Waals surface area contributed by atoms with E-state index in [0.717, 1.165) is 58.0 Å². The Bertz CT molecular complexity index is 568. The number of urea groups is 1. The minimum absolute atomic E-state index is 0.0977. The van der Waals surface area contributed by atoms with Crippen molar-refractivity contribution in [2.24, 2.45) is 5.92 Å². The summed E-state index contributed by atoms with van der Waals surface area (Å²) in [5.74, 6) is 0.816. The van der Waals surface area contributed by atoms with Gasteiger partial charge in [0.2, 0.25) is 0 Å². The molecule has 0 bridgehead atoms. The topological polar surface area (TPSA) is 44.8 Å². The number of carbonyl (C=O) groups is 1. The van der Waals surface area contributed by atoms with E-state index >= 15 is 0 Å². The SMILES string of the molecule is O=C(NC1CCN(c2ccccc2)C1)N1CCC(OCC2CC2)CC1. The van der Waals surface area contributed by atoms with Gasteiger partial charge in [-0.3, -0.25) is 0 Å². The van der Waals surface area contributed by atoms with E-state index < -0.39 is 0 Å². The van der Waals surface area contributed by atoms with E-state index in [1.54, 1.807) is 0 Å². The third kappa shape index (κ3) is 4.46. The Morgan fingerprint density at radius 1 is 1.04 bits per heavy atom. The Hall–Kier alpha value is -1.75. The summed E-state index contributed by atoms with van der Waals surface area (Å²) in [6.07, 6.45) is 5.99. The lowest BCUT2D eigenvalue weighted by Crippen LogP contribution is -2.49. The molecule has 3 aliphatic rings. The zero-order chi connectivity index (χ0) is 17.1. The molecule has 1 aromatic carbocycles. The maximum Gasteiger partial charge on any atom is 0.317 e. The number of benzene rings is 1. The zero-order valence-corrected chi connectivity index (χ0v) is 14.9. The van der Waals surface area contributed by atoms with Gasteiger partial charge in [-0.2, -0.15) is 0 Å². The van der Waals surface area contributed by atoms with Gasteiger partial charge in [0.25, 0.3) is 0 Å². The molecule has 2 aliphatic heterocycles. The fourth-order valence-corrected chi connectivity index (χ4v) is 3.80. The van der Waals surface area contributed by atoms with Crippen molar-refractivity contribution in [3.63, 3.8) is 0 Å². The molecular formula is C20H29N3O2. The third-order valence-corrected chi connectivity index (χ3v) is 5.63. The molecule has 1 aliphatic carbocycles. The van der Waals surface area contributed by atoms with E-state index in [1.165, 1.54) is 18.5 Å². The molecule has 25 heavy (non-hydrogen) atoms. The Balaban J connectivity index is 1.19. The Kier molecular flexibility index (Phi) is 5.11. The average molecular weight is 343 g/mol. The van der Waals surface area contributed by atoms with Gasteiger partial charge in [0, 0.05) is 44.5 Å². The number of piperidine rings is 1. The average Bonchev–Trinajstić information content (AvgIpc) is 3.38. The molecule has 0 spiro atoms. The van der Waals surface area contributed by atoms with E-state index in [4.69, 9.17) is 4.74 Å². The number of anilines is 1. The van der Waals surface area contributed by atoms with Crippen LogP contribution in [0.2, 0.25) is 0 Å². The second-order valence-electron chi connectivity index (χ2n) is 7.68. The molecule has 1 unspecified atom stereocenters. The summed E-state index contributed by atoms with van der Waals surface area (Å²) in [4.78, 5) is 16.8. The van der Waals surface area contributed by atoms with Crippen LogP contribution in [-0.2, 0) is 4.74 Å². The van der Waals surface area contributed by atoms with Crippen LogP contribution in [-0.4, -0.2) is 55.9 Å². The van der Waals surface area contributed by atoms with Crippen molar-refractivity contribution in [3.05, 3.63) is 30.3 Å². The highest BCUT2D eigenvalue weighted by Gasteiger charge is 2.29. The molecule has 3 fully saturated rings. The van der Waals surface area contributed by atoms with Crippen LogP contribution in [0.5, 0.6) is 0 Å². The molecule has 136 valence electrons. The normalized spacial score (nSPS) is 24.6. The van der Waals surface area contributed by atoms with Gasteiger partial charge in [0.1, 0.15) is 0 Å². The van der Waals surface area contributed by atoms with Gasteiger partial charge in [0.15, 0.2) is 0 Å². The number of ether oxygens (including phenoxy) is 1. The number of amides is 2. The van der Waals surface area contributed by atoms with Crippen molar-refractivity contribution in [2.45, 2.75) is 44.2 Å². The molecule has 1 N–H and O–H groups in total. The van der Waals surface area contributed by atoms with Gasteiger partial charge < -0.3 is 19.9 Å². The van der Waals surface area contributed by atoms with Crippen LogP contribution in [0.3, 0.4) is 0 Å². The lowest BCUT2D eigenvalue weighted by molar-refractivity contribution is 0.00934. The van der Waals surface area contributed by atoms with Crippen LogP contribution in [0.4, 0.5) is 10.5 Å². The quantitative estimate of drug-likeness (QED) is 0.894. The first-order chi connectivity index (χ1) is 12.3. The lowest BCUT2D eigenvalue weighted by atomic mass is 10.1. The first-order valence-corrected chi connectivity index (χ1v) is 9.75. The highest BCUT2D eigenvalue weighted by molar-refractivity contribution is 5.74. The zero-order valence-electron chi connectivity index (χ0n) is 14.9. The van der Waals surface area contributed by atoms with Crippen molar-refractivity contribution in [2.75, 3.05) is 37.7 Å². The molecule has 1 saturated carbocycles. The van der Waals surface area contributed by atoms with Gasteiger partial charge >= 0.3 is 6.03 Å². The van der Waals surface area contributed by atoms with Crippen LogP contribution in [0.1, 0.15) is 32.1 Å². The van der Waals surface area contributed by atoms with Gasteiger partial charge in [-0.05, 0) is 50.2 Å². The summed E-state index contributed by atoms with van der Waals surface area (Å²) in [7, 11) is 0. The molecule has 5 nitrogen and oxygen atoms in total. The molecular weight excluding hydrogens is 314 g/mol. The van der Waals surface area contributed by atoms with Crippen molar-refractivity contribution in [3.8, 4) is 0 Å². The minimum Gasteiger partial charge on any atom is -0.378 e. The van der Waals surface area contributed by atoms with E-state index in [0.29, 0.717) is 6.10 Å².